The van der Waals surface area contributed by atoms with Gasteiger partial charge >= 0.3 is 0 Å². The Morgan fingerprint density at radius 1 is 0.947 bits per heavy atom. The van der Waals surface area contributed by atoms with E-state index >= 15 is 0 Å². The molecule has 0 saturated carbocycles. The number of rotatable bonds is 5. The summed E-state index contributed by atoms with van der Waals surface area (Å²) in [7, 11) is 0. The molecule has 0 unspecified atom stereocenters. The van der Waals surface area contributed by atoms with E-state index in [0.717, 1.165) is 46.3 Å². The van der Waals surface area contributed by atoms with E-state index in [0.29, 0.717) is 12.3 Å². The Morgan fingerprint density at radius 2 is 1.37 bits per heavy atom. The number of anilines is 1. The normalized spacial score (nSPS) is 11.1. The van der Waals surface area contributed by atoms with Crippen LogP contribution in [0.1, 0.15) is 65.7 Å². The molecule has 0 bridgehead atoms. The molecule has 2 N–H and O–H groups in total. The summed E-state index contributed by atoms with van der Waals surface area (Å²) in [6, 6.07) is 0. The smallest absolute Gasteiger partial charge is 0.163 e. The Bertz CT molecular complexity index is 456. The molecule has 0 aromatic heterocycles. The van der Waals surface area contributed by atoms with Gasteiger partial charge in [-0.15, -0.1) is 0 Å². The van der Waals surface area contributed by atoms with Crippen molar-refractivity contribution in [3.63, 3.8) is 0 Å². The Balaban J connectivity index is 3.24. The van der Waals surface area contributed by atoms with Gasteiger partial charge in [0.15, 0.2) is 5.78 Å². The molecule has 0 saturated heterocycles. The first-order valence-electron chi connectivity index (χ1n) is 7.24. The highest BCUT2D eigenvalue weighted by atomic mass is 16.1. The van der Waals surface area contributed by atoms with E-state index in [1.54, 1.807) is 0 Å². The van der Waals surface area contributed by atoms with Crippen LogP contribution in [0.25, 0.3) is 0 Å². The quantitative estimate of drug-likeness (QED) is 0.626. The molecule has 0 fully saturated rings. The molecule has 0 radical (unpaired) electrons. The Labute approximate surface area is 117 Å². The van der Waals surface area contributed by atoms with Gasteiger partial charge in [0.05, 0.1) is 0 Å². The lowest BCUT2D eigenvalue weighted by atomic mass is 9.86. The second-order valence-electron chi connectivity index (χ2n) is 5.60. The summed E-state index contributed by atoms with van der Waals surface area (Å²) in [6.45, 7) is 12.3. The number of ketones is 1. The molecule has 1 aromatic carbocycles. The molecular weight excluding hydrogens is 234 g/mol. The molecule has 0 aliphatic carbocycles. The molecule has 2 nitrogen and oxygen atoms in total. The number of carbonyl (C=O) groups is 1. The van der Waals surface area contributed by atoms with Gasteiger partial charge in [0.2, 0.25) is 0 Å². The van der Waals surface area contributed by atoms with Gasteiger partial charge in [-0.25, -0.2) is 0 Å². The lowest BCUT2D eigenvalue weighted by Crippen LogP contribution is -2.13. The third-order valence-corrected chi connectivity index (χ3v) is 4.59. The Morgan fingerprint density at radius 3 is 1.74 bits per heavy atom. The minimum atomic E-state index is 0.273. The highest BCUT2D eigenvalue weighted by Gasteiger charge is 2.20. The van der Waals surface area contributed by atoms with Gasteiger partial charge in [-0.2, -0.15) is 0 Å². The first kappa shape index (κ1) is 15.7. The van der Waals surface area contributed by atoms with Gasteiger partial charge in [0, 0.05) is 17.7 Å². The number of nitrogen functional groups attached to an aromatic ring is 1. The van der Waals surface area contributed by atoms with E-state index in [9.17, 15) is 4.79 Å². The molecular formula is C17H27NO. The molecule has 0 heterocycles. The van der Waals surface area contributed by atoms with Crippen molar-refractivity contribution in [3.8, 4) is 0 Å². The summed E-state index contributed by atoms with van der Waals surface area (Å²) in [5, 5.41) is 0. The molecule has 106 valence electrons. The molecule has 0 amide bonds. The van der Waals surface area contributed by atoms with Crippen LogP contribution in [0.4, 0.5) is 5.69 Å². The lowest BCUT2D eigenvalue weighted by Gasteiger charge is -2.19. The van der Waals surface area contributed by atoms with Gasteiger partial charge in [0.1, 0.15) is 0 Å². The van der Waals surface area contributed by atoms with Crippen LogP contribution in [-0.4, -0.2) is 5.78 Å². The highest BCUT2D eigenvalue weighted by Crippen LogP contribution is 2.30. The number of nitrogens with two attached hydrogens (primary N) is 1. The molecule has 19 heavy (non-hydrogen) atoms. The number of Topliss-reactive ketones (excluding diaryl/α,β-unsaturated/α-hetero) is 1. The SMILES string of the molecule is CCC(CC)CC(=O)c1c(C)c(C)c(N)c(C)c1C. The predicted molar refractivity (Wildman–Crippen MR) is 82.8 cm³/mol. The van der Waals surface area contributed by atoms with E-state index in [-0.39, 0.29) is 5.78 Å². The minimum Gasteiger partial charge on any atom is -0.398 e. The first-order chi connectivity index (χ1) is 8.84. The lowest BCUT2D eigenvalue weighted by molar-refractivity contribution is 0.0957. The maximum atomic E-state index is 12.6. The van der Waals surface area contributed by atoms with E-state index in [1.807, 2.05) is 27.7 Å². The van der Waals surface area contributed by atoms with Crippen molar-refractivity contribution >= 4 is 11.5 Å². The van der Waals surface area contributed by atoms with E-state index in [1.165, 1.54) is 0 Å². The zero-order valence-electron chi connectivity index (χ0n) is 13.2. The fourth-order valence-corrected chi connectivity index (χ4v) is 2.70. The van der Waals surface area contributed by atoms with Gasteiger partial charge in [-0.05, 0) is 55.9 Å². The fourth-order valence-electron chi connectivity index (χ4n) is 2.70. The molecule has 0 atom stereocenters. The summed E-state index contributed by atoms with van der Waals surface area (Å²) < 4.78 is 0. The average Bonchev–Trinajstić information content (AvgIpc) is 2.40. The summed E-state index contributed by atoms with van der Waals surface area (Å²) >= 11 is 0. The van der Waals surface area contributed by atoms with Gasteiger partial charge in [-0.1, -0.05) is 26.7 Å². The second kappa shape index (κ2) is 6.23. The van der Waals surface area contributed by atoms with Crippen molar-refractivity contribution in [2.45, 2.75) is 60.8 Å². The van der Waals surface area contributed by atoms with E-state index in [4.69, 9.17) is 5.73 Å². The molecule has 1 aromatic rings. The van der Waals surface area contributed by atoms with Crippen LogP contribution in [0.15, 0.2) is 0 Å². The number of hydrogen-bond donors (Lipinski definition) is 1. The van der Waals surface area contributed by atoms with Crippen LogP contribution < -0.4 is 5.73 Å². The molecule has 2 heteroatoms. The number of carbonyl (C=O) groups excluding carboxylic acids is 1. The van der Waals surface area contributed by atoms with Crippen LogP contribution in [-0.2, 0) is 0 Å². The van der Waals surface area contributed by atoms with Crippen molar-refractivity contribution < 1.29 is 4.79 Å². The summed E-state index contributed by atoms with van der Waals surface area (Å²) in [5.74, 6) is 0.763. The first-order valence-corrected chi connectivity index (χ1v) is 7.24. The van der Waals surface area contributed by atoms with Crippen molar-refractivity contribution in [2.24, 2.45) is 5.92 Å². The van der Waals surface area contributed by atoms with Crippen molar-refractivity contribution in [2.75, 3.05) is 5.73 Å². The molecule has 0 spiro atoms. The largest absolute Gasteiger partial charge is 0.398 e. The standard InChI is InChI=1S/C17H27NO/c1-7-14(8-2)9-15(19)16-10(3)12(5)17(18)13(6)11(16)4/h14H,7-9,18H2,1-6H3. The zero-order valence-corrected chi connectivity index (χ0v) is 13.2. The topological polar surface area (TPSA) is 43.1 Å². The van der Waals surface area contributed by atoms with Crippen LogP contribution in [0.3, 0.4) is 0 Å². The van der Waals surface area contributed by atoms with E-state index < -0.39 is 0 Å². The zero-order chi connectivity index (χ0) is 14.7. The Hall–Kier alpha value is -1.31. The third kappa shape index (κ3) is 2.99. The highest BCUT2D eigenvalue weighted by molar-refractivity contribution is 6.00. The predicted octanol–water partition coefficient (Wildman–Crippen LogP) is 4.51. The average molecular weight is 261 g/mol. The van der Waals surface area contributed by atoms with E-state index in [2.05, 4.69) is 13.8 Å². The number of benzene rings is 1. The van der Waals surface area contributed by atoms with Crippen LogP contribution >= 0.6 is 0 Å². The fraction of sp³-hybridized carbons (Fsp3) is 0.588. The second-order valence-corrected chi connectivity index (χ2v) is 5.60. The van der Waals surface area contributed by atoms with Crippen LogP contribution in [0.2, 0.25) is 0 Å². The van der Waals surface area contributed by atoms with Gasteiger partial charge in [0.25, 0.3) is 0 Å². The van der Waals surface area contributed by atoms with Crippen molar-refractivity contribution in [3.05, 3.63) is 27.8 Å². The van der Waals surface area contributed by atoms with Crippen molar-refractivity contribution in [1.82, 2.24) is 0 Å². The summed E-state index contributed by atoms with van der Waals surface area (Å²) in [4.78, 5) is 12.6. The molecule has 1 rings (SSSR count). The third-order valence-electron chi connectivity index (χ3n) is 4.59. The Kier molecular flexibility index (Phi) is 5.16. The van der Waals surface area contributed by atoms with Gasteiger partial charge < -0.3 is 5.73 Å². The summed E-state index contributed by atoms with van der Waals surface area (Å²) in [5.41, 5.74) is 12.0. The van der Waals surface area contributed by atoms with Crippen LogP contribution in [0.5, 0.6) is 0 Å². The maximum Gasteiger partial charge on any atom is 0.163 e. The van der Waals surface area contributed by atoms with Crippen LogP contribution in [0, 0.1) is 33.6 Å². The molecule has 0 aliphatic rings. The minimum absolute atomic E-state index is 0.273. The maximum absolute atomic E-state index is 12.6. The monoisotopic (exact) mass is 261 g/mol. The molecule has 0 aliphatic heterocycles. The summed E-state index contributed by atoms with van der Waals surface area (Å²) in [6.07, 6.45) is 2.78. The van der Waals surface area contributed by atoms with Crippen molar-refractivity contribution in [1.29, 1.82) is 0 Å². The number of hydrogen-bond acceptors (Lipinski definition) is 2. The van der Waals surface area contributed by atoms with Gasteiger partial charge in [-0.3, -0.25) is 4.79 Å².